The quantitative estimate of drug-likeness (QED) is 0.765. The van der Waals surface area contributed by atoms with Gasteiger partial charge in [0.1, 0.15) is 0 Å². The summed E-state index contributed by atoms with van der Waals surface area (Å²) in [6.07, 6.45) is 5.89. The molecule has 4 nitrogen and oxygen atoms in total. The number of nitrogens with two attached hydrogens (primary N) is 1. The Morgan fingerprint density at radius 3 is 2.88 bits per heavy atom. The Hall–Kier alpha value is -0.870. The van der Waals surface area contributed by atoms with Gasteiger partial charge in [-0.3, -0.25) is 9.69 Å². The summed E-state index contributed by atoms with van der Waals surface area (Å²) in [6.45, 7) is 3.03. The first-order valence-electron chi connectivity index (χ1n) is 6.10. The summed E-state index contributed by atoms with van der Waals surface area (Å²) in [4.78, 5) is 14.1. The molecule has 90 valence electrons. The molecule has 0 unspecified atom stereocenters. The largest absolute Gasteiger partial charge is 0.490 e. The summed E-state index contributed by atoms with van der Waals surface area (Å²) in [7, 11) is 0. The normalized spacial score (nSPS) is 23.7. The average Bonchev–Trinajstić information content (AvgIpc) is 2.33. The smallest absolute Gasteiger partial charge is 0.210 e. The number of ether oxygens (including phenoxy) is 1. The summed E-state index contributed by atoms with van der Waals surface area (Å²) in [5.74, 6) is 0.691. The van der Waals surface area contributed by atoms with Gasteiger partial charge in [0.2, 0.25) is 5.78 Å². The van der Waals surface area contributed by atoms with Crippen LogP contribution in [0, 0.1) is 0 Å². The van der Waals surface area contributed by atoms with Gasteiger partial charge in [-0.1, -0.05) is 0 Å². The van der Waals surface area contributed by atoms with E-state index in [0.717, 1.165) is 38.8 Å². The Labute approximate surface area is 96.4 Å². The number of hydrogen-bond donors (Lipinski definition) is 1. The molecular formula is C12H20N2O2. The maximum Gasteiger partial charge on any atom is 0.210 e. The van der Waals surface area contributed by atoms with E-state index in [0.29, 0.717) is 25.0 Å². The summed E-state index contributed by atoms with van der Waals surface area (Å²) in [5, 5.41) is 0. The molecule has 0 aromatic rings. The predicted octanol–water partition coefficient (Wildman–Crippen LogP) is 0.673. The average molecular weight is 224 g/mol. The van der Waals surface area contributed by atoms with Crippen molar-refractivity contribution in [2.45, 2.75) is 31.7 Å². The topological polar surface area (TPSA) is 55.6 Å². The Morgan fingerprint density at radius 2 is 2.25 bits per heavy atom. The number of carbonyl (C=O) groups excluding carboxylic acids is 1. The Balaban J connectivity index is 1.80. The van der Waals surface area contributed by atoms with Gasteiger partial charge in [-0.15, -0.1) is 0 Å². The van der Waals surface area contributed by atoms with E-state index >= 15 is 0 Å². The van der Waals surface area contributed by atoms with Crippen molar-refractivity contribution in [2.24, 2.45) is 5.73 Å². The van der Waals surface area contributed by atoms with Crippen LogP contribution in [-0.2, 0) is 9.53 Å². The zero-order chi connectivity index (χ0) is 11.4. The summed E-state index contributed by atoms with van der Waals surface area (Å²) < 4.78 is 5.36. The molecule has 0 saturated carbocycles. The SMILES string of the molecule is NC1CCN(CC(=O)C2=CCCCO2)CC1. The number of nitrogens with zero attached hydrogens (tertiary/aromatic N) is 1. The first-order valence-corrected chi connectivity index (χ1v) is 6.10. The fourth-order valence-electron chi connectivity index (χ4n) is 2.14. The van der Waals surface area contributed by atoms with Crippen molar-refractivity contribution >= 4 is 5.78 Å². The molecule has 0 aromatic carbocycles. The number of hydrogen-bond acceptors (Lipinski definition) is 4. The van der Waals surface area contributed by atoms with Gasteiger partial charge < -0.3 is 10.5 Å². The van der Waals surface area contributed by atoms with Crippen LogP contribution in [0.5, 0.6) is 0 Å². The lowest BCUT2D eigenvalue weighted by molar-refractivity contribution is -0.120. The first-order chi connectivity index (χ1) is 7.75. The number of allylic oxidation sites excluding steroid dienone is 1. The van der Waals surface area contributed by atoms with E-state index in [9.17, 15) is 4.79 Å². The van der Waals surface area contributed by atoms with Crippen LogP contribution in [0.25, 0.3) is 0 Å². The Bertz CT molecular complexity index is 281. The van der Waals surface area contributed by atoms with E-state index < -0.39 is 0 Å². The third-order valence-corrected chi connectivity index (χ3v) is 3.21. The van der Waals surface area contributed by atoms with Crippen molar-refractivity contribution in [3.8, 4) is 0 Å². The van der Waals surface area contributed by atoms with E-state index in [1.54, 1.807) is 0 Å². The highest BCUT2D eigenvalue weighted by molar-refractivity contribution is 5.95. The molecule has 0 atom stereocenters. The number of piperidine rings is 1. The van der Waals surface area contributed by atoms with E-state index in [4.69, 9.17) is 10.5 Å². The molecular weight excluding hydrogens is 204 g/mol. The number of rotatable bonds is 3. The molecule has 1 saturated heterocycles. The molecule has 0 aliphatic carbocycles. The maximum absolute atomic E-state index is 11.9. The van der Waals surface area contributed by atoms with Crippen LogP contribution in [0.4, 0.5) is 0 Å². The molecule has 2 heterocycles. The second-order valence-electron chi connectivity index (χ2n) is 4.60. The second-order valence-corrected chi connectivity index (χ2v) is 4.60. The van der Waals surface area contributed by atoms with Gasteiger partial charge in [0.25, 0.3) is 0 Å². The second kappa shape index (κ2) is 5.46. The van der Waals surface area contributed by atoms with Crippen LogP contribution >= 0.6 is 0 Å². The van der Waals surface area contributed by atoms with Gasteiger partial charge in [0, 0.05) is 19.1 Å². The van der Waals surface area contributed by atoms with Gasteiger partial charge in [-0.05, 0) is 31.8 Å². The van der Waals surface area contributed by atoms with Crippen LogP contribution in [-0.4, -0.2) is 43.0 Å². The lowest BCUT2D eigenvalue weighted by atomic mass is 10.1. The fraction of sp³-hybridized carbons (Fsp3) is 0.750. The van der Waals surface area contributed by atoms with Crippen LogP contribution in [0.3, 0.4) is 0 Å². The third kappa shape index (κ3) is 3.06. The molecule has 16 heavy (non-hydrogen) atoms. The molecule has 0 amide bonds. The third-order valence-electron chi connectivity index (χ3n) is 3.21. The van der Waals surface area contributed by atoms with Crippen LogP contribution in [0.1, 0.15) is 25.7 Å². The van der Waals surface area contributed by atoms with Crippen LogP contribution < -0.4 is 5.73 Å². The maximum atomic E-state index is 11.9. The van der Waals surface area contributed by atoms with E-state index in [1.165, 1.54) is 0 Å². The van der Waals surface area contributed by atoms with Crippen molar-refractivity contribution in [1.82, 2.24) is 4.90 Å². The lowest BCUT2D eigenvalue weighted by Crippen LogP contribution is -2.42. The molecule has 1 fully saturated rings. The van der Waals surface area contributed by atoms with Crippen molar-refractivity contribution in [3.05, 3.63) is 11.8 Å². The first kappa shape index (κ1) is 11.6. The van der Waals surface area contributed by atoms with Gasteiger partial charge in [0.15, 0.2) is 5.76 Å². The highest BCUT2D eigenvalue weighted by atomic mass is 16.5. The minimum Gasteiger partial charge on any atom is -0.490 e. The highest BCUT2D eigenvalue weighted by Crippen LogP contribution is 2.13. The van der Waals surface area contributed by atoms with Crippen LogP contribution in [0.2, 0.25) is 0 Å². The van der Waals surface area contributed by atoms with Crippen molar-refractivity contribution in [3.63, 3.8) is 0 Å². The molecule has 0 bridgehead atoms. The van der Waals surface area contributed by atoms with Gasteiger partial charge in [0.05, 0.1) is 13.2 Å². The Kier molecular flexibility index (Phi) is 3.96. The molecule has 0 radical (unpaired) electrons. The van der Waals surface area contributed by atoms with Crippen molar-refractivity contribution in [1.29, 1.82) is 0 Å². The predicted molar refractivity (Wildman–Crippen MR) is 61.9 cm³/mol. The minimum atomic E-state index is 0.121. The fourth-order valence-corrected chi connectivity index (χ4v) is 2.14. The molecule has 2 rings (SSSR count). The van der Waals surface area contributed by atoms with E-state index in [1.807, 2.05) is 6.08 Å². The number of likely N-dealkylation sites (tertiary alicyclic amines) is 1. The molecule has 0 spiro atoms. The molecule has 0 aromatic heterocycles. The lowest BCUT2D eigenvalue weighted by Gasteiger charge is -2.29. The summed E-state index contributed by atoms with van der Waals surface area (Å²) in [6, 6.07) is 0.316. The van der Waals surface area contributed by atoms with E-state index in [2.05, 4.69) is 4.90 Å². The number of Topliss-reactive ketones (excluding diaryl/α,β-unsaturated/α-hetero) is 1. The molecule has 2 aliphatic heterocycles. The number of ketones is 1. The van der Waals surface area contributed by atoms with Crippen molar-refractivity contribution in [2.75, 3.05) is 26.2 Å². The molecule has 2 aliphatic rings. The monoisotopic (exact) mass is 224 g/mol. The molecule has 4 heteroatoms. The molecule has 2 N–H and O–H groups in total. The number of carbonyl (C=O) groups is 1. The Morgan fingerprint density at radius 1 is 1.50 bits per heavy atom. The van der Waals surface area contributed by atoms with Crippen molar-refractivity contribution < 1.29 is 9.53 Å². The zero-order valence-corrected chi connectivity index (χ0v) is 9.65. The van der Waals surface area contributed by atoms with Gasteiger partial charge in [-0.2, -0.15) is 0 Å². The van der Waals surface area contributed by atoms with Crippen LogP contribution in [0.15, 0.2) is 11.8 Å². The van der Waals surface area contributed by atoms with Gasteiger partial charge >= 0.3 is 0 Å². The summed E-state index contributed by atoms with van der Waals surface area (Å²) in [5.41, 5.74) is 5.82. The van der Waals surface area contributed by atoms with Gasteiger partial charge in [-0.25, -0.2) is 0 Å². The standard InChI is InChI=1S/C12H20N2O2/c13-10-4-6-14(7-5-10)9-11(15)12-3-1-2-8-16-12/h3,10H,1-2,4-9,13H2. The van der Waals surface area contributed by atoms with E-state index in [-0.39, 0.29) is 5.78 Å². The zero-order valence-electron chi connectivity index (χ0n) is 9.65. The summed E-state index contributed by atoms with van der Waals surface area (Å²) >= 11 is 0. The minimum absolute atomic E-state index is 0.121. The highest BCUT2D eigenvalue weighted by Gasteiger charge is 2.21.